The highest BCUT2D eigenvalue weighted by Crippen LogP contribution is 2.44. The van der Waals surface area contributed by atoms with Gasteiger partial charge in [0.2, 0.25) is 12.7 Å². The van der Waals surface area contributed by atoms with Crippen LogP contribution < -0.4 is 9.47 Å². The minimum absolute atomic E-state index is 0.215. The van der Waals surface area contributed by atoms with E-state index in [1.807, 2.05) is 17.0 Å². The summed E-state index contributed by atoms with van der Waals surface area (Å²) in [5.74, 6) is 1.86. The fourth-order valence-electron chi connectivity index (χ4n) is 4.67. The number of carbonyl (C=O) groups is 1. The largest absolute Gasteiger partial charge is 0.454 e. The lowest BCUT2D eigenvalue weighted by Crippen LogP contribution is -2.52. The molecule has 3 fully saturated rings. The topological polar surface area (TPSA) is 60.5 Å². The zero-order valence-electron chi connectivity index (χ0n) is 15.1. The SMILES string of the molecule is O=C(N1CCOCC1)[C@]12COC[C@H]1CN(Cc1cc3c(cc1Cl)OCO3)C2. The van der Waals surface area contributed by atoms with Crippen molar-refractivity contribution >= 4 is 17.5 Å². The molecular formula is C19H23ClN2O5. The minimum Gasteiger partial charge on any atom is -0.454 e. The number of morpholine rings is 1. The lowest BCUT2D eigenvalue weighted by molar-refractivity contribution is -0.147. The second kappa shape index (κ2) is 6.81. The van der Waals surface area contributed by atoms with Gasteiger partial charge in [-0.25, -0.2) is 0 Å². The highest BCUT2D eigenvalue weighted by atomic mass is 35.5. The highest BCUT2D eigenvalue weighted by molar-refractivity contribution is 6.31. The van der Waals surface area contributed by atoms with Crippen molar-refractivity contribution in [2.75, 3.05) is 59.4 Å². The van der Waals surface area contributed by atoms with Crippen LogP contribution in [0.25, 0.3) is 0 Å². The zero-order valence-corrected chi connectivity index (χ0v) is 15.9. The summed E-state index contributed by atoms with van der Waals surface area (Å²) in [7, 11) is 0. The number of fused-ring (bicyclic) bond motifs is 2. The Balaban J connectivity index is 1.34. The van der Waals surface area contributed by atoms with Crippen molar-refractivity contribution in [3.8, 4) is 11.5 Å². The summed E-state index contributed by atoms with van der Waals surface area (Å²) in [5.41, 5.74) is 0.552. The van der Waals surface area contributed by atoms with Crippen LogP contribution in [0.5, 0.6) is 11.5 Å². The van der Waals surface area contributed by atoms with E-state index in [1.54, 1.807) is 0 Å². The molecule has 0 aromatic heterocycles. The summed E-state index contributed by atoms with van der Waals surface area (Å²) in [5, 5.41) is 0.668. The molecule has 0 spiro atoms. The molecule has 1 amide bonds. The molecule has 1 aromatic rings. The average molecular weight is 395 g/mol. The number of carbonyl (C=O) groups excluding carboxylic acids is 1. The first-order valence-corrected chi connectivity index (χ1v) is 9.79. The highest BCUT2D eigenvalue weighted by Gasteiger charge is 2.56. The van der Waals surface area contributed by atoms with Gasteiger partial charge in [-0.3, -0.25) is 9.69 Å². The van der Waals surface area contributed by atoms with Crippen molar-refractivity contribution in [3.63, 3.8) is 0 Å². The van der Waals surface area contributed by atoms with E-state index in [9.17, 15) is 4.79 Å². The van der Waals surface area contributed by atoms with Crippen molar-refractivity contribution < 1.29 is 23.7 Å². The van der Waals surface area contributed by atoms with Gasteiger partial charge in [0.15, 0.2) is 11.5 Å². The van der Waals surface area contributed by atoms with E-state index in [2.05, 4.69) is 4.90 Å². The van der Waals surface area contributed by atoms with Gasteiger partial charge in [-0.05, 0) is 11.6 Å². The van der Waals surface area contributed by atoms with Crippen LogP contribution in [0.1, 0.15) is 5.56 Å². The van der Waals surface area contributed by atoms with Gasteiger partial charge in [0.25, 0.3) is 0 Å². The molecule has 146 valence electrons. The van der Waals surface area contributed by atoms with Crippen molar-refractivity contribution in [3.05, 3.63) is 22.7 Å². The molecule has 5 rings (SSSR count). The molecule has 4 aliphatic rings. The van der Waals surface area contributed by atoms with Crippen molar-refractivity contribution in [1.29, 1.82) is 0 Å². The van der Waals surface area contributed by atoms with E-state index in [1.165, 1.54) is 0 Å². The summed E-state index contributed by atoms with van der Waals surface area (Å²) >= 11 is 6.45. The number of amides is 1. The van der Waals surface area contributed by atoms with Gasteiger partial charge < -0.3 is 23.8 Å². The van der Waals surface area contributed by atoms with E-state index in [0.29, 0.717) is 63.4 Å². The summed E-state index contributed by atoms with van der Waals surface area (Å²) in [4.78, 5) is 17.6. The van der Waals surface area contributed by atoms with Gasteiger partial charge in [-0.15, -0.1) is 0 Å². The van der Waals surface area contributed by atoms with Gasteiger partial charge >= 0.3 is 0 Å². The Kier molecular flexibility index (Phi) is 4.43. The Morgan fingerprint density at radius 1 is 1.19 bits per heavy atom. The zero-order chi connectivity index (χ0) is 18.4. The molecule has 1 aromatic carbocycles. The van der Waals surface area contributed by atoms with E-state index >= 15 is 0 Å². The Morgan fingerprint density at radius 3 is 2.78 bits per heavy atom. The van der Waals surface area contributed by atoms with E-state index in [-0.39, 0.29) is 18.6 Å². The van der Waals surface area contributed by atoms with Gasteiger partial charge in [-0.2, -0.15) is 0 Å². The quantitative estimate of drug-likeness (QED) is 0.772. The molecular weight excluding hydrogens is 372 g/mol. The molecule has 3 saturated heterocycles. The molecule has 27 heavy (non-hydrogen) atoms. The Morgan fingerprint density at radius 2 is 1.96 bits per heavy atom. The fraction of sp³-hybridized carbons (Fsp3) is 0.632. The first-order valence-electron chi connectivity index (χ1n) is 9.41. The molecule has 0 aliphatic carbocycles. The minimum atomic E-state index is -0.444. The molecule has 7 nitrogen and oxygen atoms in total. The molecule has 4 heterocycles. The average Bonchev–Trinajstić information content (AvgIpc) is 3.36. The standard InChI is InChI=1S/C19H23ClN2O5/c20-15-6-17-16(26-12-27-17)5-13(15)7-21-8-14-9-25-11-19(14,10-21)18(23)22-1-3-24-4-2-22/h5-6,14H,1-4,7-12H2/t14-,19-/m1/s1. The number of ether oxygens (including phenoxy) is 4. The van der Waals surface area contributed by atoms with Crippen LogP contribution in [0.15, 0.2) is 12.1 Å². The van der Waals surface area contributed by atoms with Gasteiger partial charge in [0.05, 0.1) is 31.8 Å². The first kappa shape index (κ1) is 17.6. The molecule has 0 bridgehead atoms. The third-order valence-electron chi connectivity index (χ3n) is 6.10. The number of nitrogens with zero attached hydrogens (tertiary/aromatic N) is 2. The summed E-state index contributed by atoms with van der Waals surface area (Å²) in [6.45, 7) is 6.15. The first-order chi connectivity index (χ1) is 13.2. The fourth-order valence-corrected chi connectivity index (χ4v) is 4.88. The molecule has 0 N–H and O–H groups in total. The van der Waals surface area contributed by atoms with Gasteiger partial charge in [0, 0.05) is 49.7 Å². The molecule has 4 aliphatic heterocycles. The number of benzene rings is 1. The molecule has 2 atom stereocenters. The van der Waals surface area contributed by atoms with Crippen LogP contribution in [0, 0.1) is 11.3 Å². The molecule has 0 radical (unpaired) electrons. The Hall–Kier alpha value is -1.54. The van der Waals surface area contributed by atoms with E-state index in [0.717, 1.165) is 17.9 Å². The summed E-state index contributed by atoms with van der Waals surface area (Å²) < 4.78 is 22.0. The lowest BCUT2D eigenvalue weighted by Gasteiger charge is -2.35. The summed E-state index contributed by atoms with van der Waals surface area (Å²) in [6, 6.07) is 3.76. The van der Waals surface area contributed by atoms with Crippen LogP contribution >= 0.6 is 11.6 Å². The van der Waals surface area contributed by atoms with Crippen molar-refractivity contribution in [2.45, 2.75) is 6.54 Å². The van der Waals surface area contributed by atoms with Crippen LogP contribution in [-0.4, -0.2) is 75.1 Å². The Labute approximate surface area is 163 Å². The maximum absolute atomic E-state index is 13.3. The van der Waals surface area contributed by atoms with Gasteiger partial charge in [0.1, 0.15) is 0 Å². The van der Waals surface area contributed by atoms with Crippen LogP contribution in [0.4, 0.5) is 0 Å². The maximum atomic E-state index is 13.3. The lowest BCUT2D eigenvalue weighted by atomic mass is 9.79. The summed E-state index contributed by atoms with van der Waals surface area (Å²) in [6.07, 6.45) is 0. The smallest absolute Gasteiger partial charge is 0.233 e. The predicted molar refractivity (Wildman–Crippen MR) is 97.0 cm³/mol. The van der Waals surface area contributed by atoms with Gasteiger partial charge in [-0.1, -0.05) is 11.6 Å². The molecule has 8 heteroatoms. The molecule has 0 unspecified atom stereocenters. The number of likely N-dealkylation sites (tertiary alicyclic amines) is 1. The van der Waals surface area contributed by atoms with Crippen LogP contribution in [-0.2, 0) is 20.8 Å². The normalized spacial score (nSPS) is 30.0. The third kappa shape index (κ3) is 2.97. The number of rotatable bonds is 3. The van der Waals surface area contributed by atoms with Crippen LogP contribution in [0.3, 0.4) is 0 Å². The van der Waals surface area contributed by atoms with E-state index < -0.39 is 5.41 Å². The second-order valence-electron chi connectivity index (χ2n) is 7.74. The van der Waals surface area contributed by atoms with Crippen LogP contribution in [0.2, 0.25) is 5.02 Å². The van der Waals surface area contributed by atoms with E-state index in [4.69, 9.17) is 30.5 Å². The monoisotopic (exact) mass is 394 g/mol. The number of hydrogen-bond acceptors (Lipinski definition) is 6. The number of hydrogen-bond donors (Lipinski definition) is 0. The third-order valence-corrected chi connectivity index (χ3v) is 6.46. The van der Waals surface area contributed by atoms with Crippen molar-refractivity contribution in [1.82, 2.24) is 9.80 Å². The Bertz CT molecular complexity index is 754. The second-order valence-corrected chi connectivity index (χ2v) is 8.15. The molecule has 0 saturated carbocycles. The number of halogens is 1. The maximum Gasteiger partial charge on any atom is 0.233 e. The van der Waals surface area contributed by atoms with Crippen molar-refractivity contribution in [2.24, 2.45) is 11.3 Å². The predicted octanol–water partition coefficient (Wildman–Crippen LogP) is 1.38.